The van der Waals surface area contributed by atoms with Crippen molar-refractivity contribution in [2.24, 2.45) is 0 Å². The fourth-order valence-corrected chi connectivity index (χ4v) is 8.17. The van der Waals surface area contributed by atoms with Gasteiger partial charge in [0, 0.05) is 42.0 Å². The summed E-state index contributed by atoms with van der Waals surface area (Å²) >= 11 is 0. The van der Waals surface area contributed by atoms with E-state index in [0.29, 0.717) is 54.4 Å². The van der Waals surface area contributed by atoms with E-state index >= 15 is 0 Å². The minimum Gasteiger partial charge on any atom is -0.485 e. The molecule has 0 saturated carbocycles. The van der Waals surface area contributed by atoms with Crippen LogP contribution in [0.4, 0.5) is 21.0 Å². The van der Waals surface area contributed by atoms with Crippen molar-refractivity contribution >= 4 is 33.6 Å². The van der Waals surface area contributed by atoms with Gasteiger partial charge in [0.25, 0.3) is 0 Å². The molecule has 0 spiro atoms. The number of nitrogens with two attached hydrogens (primary N) is 1. The van der Waals surface area contributed by atoms with Crippen LogP contribution in [0.3, 0.4) is 0 Å². The monoisotopic (exact) mass is 902 g/mol. The molecule has 0 bridgehead atoms. The first-order chi connectivity index (χ1) is 29.6. The van der Waals surface area contributed by atoms with E-state index in [1.807, 2.05) is 87.5 Å². The van der Waals surface area contributed by atoms with Gasteiger partial charge < -0.3 is 34.9 Å². The number of ether oxygens (including phenoxy) is 4. The summed E-state index contributed by atoms with van der Waals surface area (Å²) in [5, 5.41) is 22.6. The molecule has 4 atom stereocenters. The fraction of sp³-hybridized carbons (Fsp3) is 0.469. The number of carbonyl (C=O) groups is 2. The molecule has 4 aromatic carbocycles. The number of hydrogen-bond donors (Lipinski definition) is 4. The lowest BCUT2D eigenvalue weighted by atomic mass is 9.85. The molecule has 2 amide bonds. The third-order valence-corrected chi connectivity index (χ3v) is 11.3. The molecule has 0 fully saturated rings. The first-order valence-corrected chi connectivity index (χ1v) is 23.4. The van der Waals surface area contributed by atoms with Crippen LogP contribution in [-0.2, 0) is 32.3 Å². The van der Waals surface area contributed by atoms with Crippen molar-refractivity contribution in [2.75, 3.05) is 29.8 Å². The van der Waals surface area contributed by atoms with Gasteiger partial charge in [-0.05, 0) is 105 Å². The van der Waals surface area contributed by atoms with Crippen LogP contribution in [-0.4, -0.2) is 94.6 Å². The van der Waals surface area contributed by atoms with Crippen molar-refractivity contribution in [1.29, 1.82) is 0 Å². The second-order valence-corrected chi connectivity index (χ2v) is 21.2. The second-order valence-electron chi connectivity index (χ2n) is 19.4. The van der Waals surface area contributed by atoms with Crippen molar-refractivity contribution in [3.05, 3.63) is 119 Å². The fourth-order valence-electron chi connectivity index (χ4n) is 7.61. The highest BCUT2D eigenvalue weighted by Gasteiger charge is 2.49. The molecular formula is C49H66N4O10S. The van der Waals surface area contributed by atoms with Gasteiger partial charge in [-0.1, -0.05) is 72.8 Å². The lowest BCUT2D eigenvalue weighted by molar-refractivity contribution is -0.0939. The van der Waals surface area contributed by atoms with Crippen LogP contribution in [0.5, 0.6) is 11.5 Å². The van der Waals surface area contributed by atoms with Crippen LogP contribution in [0.25, 0.3) is 0 Å². The highest BCUT2D eigenvalue weighted by molar-refractivity contribution is 7.92. The number of sulfonamides is 1. The van der Waals surface area contributed by atoms with Gasteiger partial charge in [-0.3, -0.25) is 14.5 Å². The number of nitrogen functional groups attached to an aromatic ring is 1. The van der Waals surface area contributed by atoms with E-state index in [2.05, 4.69) is 4.72 Å². The molecule has 4 aromatic rings. The van der Waals surface area contributed by atoms with Crippen molar-refractivity contribution in [1.82, 2.24) is 9.80 Å². The van der Waals surface area contributed by atoms with Crippen molar-refractivity contribution < 1.29 is 47.2 Å². The smallest absolute Gasteiger partial charge is 0.410 e. The molecule has 0 saturated heterocycles. The normalized spacial score (nSPS) is 19.8. The topological polar surface area (TPSA) is 190 Å². The Morgan fingerprint density at radius 1 is 0.672 bits per heavy atom. The molecule has 6 rings (SSSR count). The number of aliphatic hydroxyl groups is 2. The lowest BCUT2D eigenvalue weighted by Gasteiger charge is -2.46. The Hall–Kier alpha value is -5.51. The molecule has 2 aliphatic heterocycles. The number of aliphatic hydroxyl groups excluding tert-OH is 2. The Bertz CT molecular complexity index is 2340. The number of benzene rings is 4. The SMILES string of the molecule is CC(C)(C)OC(=O)N(CCc1ccccc1)[C@H]1c2ccc(N)cc2OC(C)(C)[C@@H]1O.CC(C)(C)OC(=O)N(CCc1ccccc1)[C@H]1c2ccc(NS(C)(=O)=O)cc2OC(C)(C)[C@@H]1O. The lowest BCUT2D eigenvalue weighted by Crippen LogP contribution is -2.55. The maximum Gasteiger partial charge on any atom is 0.410 e. The second kappa shape index (κ2) is 19.3. The number of nitrogens with one attached hydrogen (secondary N) is 1. The Labute approximate surface area is 378 Å². The van der Waals surface area contributed by atoms with Gasteiger partial charge in [-0.25, -0.2) is 18.0 Å². The molecule has 348 valence electrons. The number of hydrogen-bond acceptors (Lipinski definition) is 11. The highest BCUT2D eigenvalue weighted by Crippen LogP contribution is 2.46. The van der Waals surface area contributed by atoms with Gasteiger partial charge in [0.15, 0.2) is 0 Å². The standard InChI is InChI=1S/C25H34N2O6S.C24H32N2O4/c1-24(2,3)33-23(29)27(15-14-17-10-8-7-9-11-17)21-19-13-12-18(26-34(6,30)31)16-20(19)32-25(4,5)22(21)28;1-23(2,3)30-22(28)26(14-13-16-9-7-6-8-10-16)20-18-12-11-17(25)15-19(18)29-24(4,5)21(20)27/h7-13,16,21-22,26,28H,14-15H2,1-6H3;6-12,15,20-21,27H,13-14,25H2,1-5H3/t21-,22+;20-,21+/m00/s1. The third-order valence-electron chi connectivity index (χ3n) is 10.7. The summed E-state index contributed by atoms with van der Waals surface area (Å²) < 4.78 is 49.3. The van der Waals surface area contributed by atoms with Crippen molar-refractivity contribution in [3.63, 3.8) is 0 Å². The average Bonchev–Trinajstić information content (AvgIpc) is 3.16. The van der Waals surface area contributed by atoms with Crippen LogP contribution >= 0.6 is 0 Å². The molecule has 64 heavy (non-hydrogen) atoms. The first kappa shape index (κ1) is 49.5. The van der Waals surface area contributed by atoms with E-state index in [9.17, 15) is 28.2 Å². The molecular weight excluding hydrogens is 837 g/mol. The number of anilines is 2. The summed E-state index contributed by atoms with van der Waals surface area (Å²) in [6.07, 6.45) is -0.758. The van der Waals surface area contributed by atoms with E-state index in [1.54, 1.807) is 83.7 Å². The van der Waals surface area contributed by atoms with E-state index in [4.69, 9.17) is 24.7 Å². The van der Waals surface area contributed by atoms with Crippen LogP contribution in [0.15, 0.2) is 97.1 Å². The summed E-state index contributed by atoms with van der Waals surface area (Å²) in [6, 6.07) is 28.5. The molecule has 0 unspecified atom stereocenters. The molecule has 2 aliphatic rings. The minimum absolute atomic E-state index is 0.305. The Morgan fingerprint density at radius 3 is 1.45 bits per heavy atom. The number of rotatable bonds is 10. The van der Waals surface area contributed by atoms with E-state index in [-0.39, 0.29) is 0 Å². The average molecular weight is 903 g/mol. The molecule has 5 N–H and O–H groups in total. The quantitative estimate of drug-likeness (QED) is 0.112. The summed E-state index contributed by atoms with van der Waals surface area (Å²) in [6.45, 7) is 18.6. The zero-order valence-electron chi connectivity index (χ0n) is 38.9. The minimum atomic E-state index is -3.49. The van der Waals surface area contributed by atoms with Gasteiger partial charge in [0.05, 0.1) is 24.0 Å². The van der Waals surface area contributed by atoms with E-state index < -0.39 is 68.9 Å². The molecule has 2 heterocycles. The summed E-state index contributed by atoms with van der Waals surface area (Å²) in [5.41, 5.74) is 6.96. The maximum absolute atomic E-state index is 13.4. The maximum atomic E-state index is 13.4. The first-order valence-electron chi connectivity index (χ1n) is 21.5. The zero-order valence-corrected chi connectivity index (χ0v) is 39.7. The number of carbonyl (C=O) groups excluding carboxylic acids is 2. The molecule has 0 radical (unpaired) electrons. The Balaban J connectivity index is 0.000000243. The number of fused-ring (bicyclic) bond motifs is 2. The Morgan fingerprint density at radius 2 is 1.06 bits per heavy atom. The van der Waals surface area contributed by atoms with E-state index in [1.165, 1.54) is 4.90 Å². The van der Waals surface area contributed by atoms with Gasteiger partial charge in [-0.2, -0.15) is 0 Å². The van der Waals surface area contributed by atoms with Crippen LogP contribution < -0.4 is 19.9 Å². The zero-order chi connectivity index (χ0) is 47.4. The van der Waals surface area contributed by atoms with Crippen molar-refractivity contribution in [3.8, 4) is 11.5 Å². The number of nitrogens with zero attached hydrogens (tertiary/aromatic N) is 2. The van der Waals surface area contributed by atoms with Crippen molar-refractivity contribution in [2.45, 2.75) is 129 Å². The molecule has 15 heteroatoms. The predicted molar refractivity (Wildman–Crippen MR) is 249 cm³/mol. The number of amides is 2. The van der Waals surface area contributed by atoms with Gasteiger partial charge in [0.1, 0.15) is 46.1 Å². The van der Waals surface area contributed by atoms with Crippen LogP contribution in [0.2, 0.25) is 0 Å². The predicted octanol–water partition coefficient (Wildman–Crippen LogP) is 8.43. The molecule has 0 aliphatic carbocycles. The summed E-state index contributed by atoms with van der Waals surface area (Å²) in [7, 11) is -3.49. The van der Waals surface area contributed by atoms with Gasteiger partial charge in [0.2, 0.25) is 10.0 Å². The van der Waals surface area contributed by atoms with E-state index in [0.717, 1.165) is 22.9 Å². The Kier molecular flexibility index (Phi) is 14.9. The van der Waals surface area contributed by atoms with Crippen LogP contribution in [0.1, 0.15) is 104 Å². The largest absolute Gasteiger partial charge is 0.485 e. The highest BCUT2D eigenvalue weighted by atomic mass is 32.2. The van der Waals surface area contributed by atoms with Crippen LogP contribution in [0, 0.1) is 0 Å². The third kappa shape index (κ3) is 13.0. The van der Waals surface area contributed by atoms with Gasteiger partial charge in [-0.15, -0.1) is 0 Å². The molecule has 0 aromatic heterocycles. The summed E-state index contributed by atoms with van der Waals surface area (Å²) in [4.78, 5) is 29.8. The molecule has 14 nitrogen and oxygen atoms in total. The van der Waals surface area contributed by atoms with Gasteiger partial charge >= 0.3 is 12.2 Å². The summed E-state index contributed by atoms with van der Waals surface area (Å²) in [5.74, 6) is 0.964.